The van der Waals surface area contributed by atoms with Gasteiger partial charge in [-0.3, -0.25) is 0 Å². The van der Waals surface area contributed by atoms with Gasteiger partial charge in [0.15, 0.2) is 5.11 Å². The van der Waals surface area contributed by atoms with Gasteiger partial charge in [-0.05, 0) is 54.9 Å². The molecule has 126 valence electrons. The number of benzene rings is 2. The minimum absolute atomic E-state index is 0.331. The Morgan fingerprint density at radius 3 is 2.38 bits per heavy atom. The Labute approximate surface area is 148 Å². The molecule has 0 aliphatic heterocycles. The molecule has 0 radical (unpaired) electrons. The van der Waals surface area contributed by atoms with Crippen LogP contribution in [0.25, 0.3) is 0 Å². The molecule has 0 bridgehead atoms. The van der Waals surface area contributed by atoms with Gasteiger partial charge in [-0.25, -0.2) is 4.79 Å². The Kier molecular flexibility index (Phi) is 6.32. The molecule has 5 heteroatoms. The number of carbonyl (C=O) groups excluding carboxylic acids is 1. The molecule has 2 aromatic rings. The van der Waals surface area contributed by atoms with E-state index in [9.17, 15) is 4.79 Å². The van der Waals surface area contributed by atoms with Crippen molar-refractivity contribution in [3.63, 3.8) is 0 Å². The van der Waals surface area contributed by atoms with Gasteiger partial charge in [0, 0.05) is 5.69 Å². The zero-order chi connectivity index (χ0) is 17.5. The van der Waals surface area contributed by atoms with Crippen LogP contribution in [0.2, 0.25) is 0 Å². The molecule has 0 heterocycles. The van der Waals surface area contributed by atoms with Crippen LogP contribution >= 0.6 is 12.2 Å². The lowest BCUT2D eigenvalue weighted by molar-refractivity contribution is 0.0527. The average molecular weight is 342 g/mol. The van der Waals surface area contributed by atoms with Gasteiger partial charge >= 0.3 is 5.97 Å². The van der Waals surface area contributed by atoms with Crippen LogP contribution in [-0.2, 0) is 4.74 Å². The van der Waals surface area contributed by atoms with Crippen molar-refractivity contribution in [3.8, 4) is 0 Å². The van der Waals surface area contributed by atoms with Crippen LogP contribution in [0.15, 0.2) is 48.5 Å². The summed E-state index contributed by atoms with van der Waals surface area (Å²) in [7, 11) is 0. The van der Waals surface area contributed by atoms with E-state index in [4.69, 9.17) is 17.0 Å². The smallest absolute Gasteiger partial charge is 0.340 e. The standard InChI is InChI=1S/C19H22N2O2S/c1-4-23-18(22)16-7-5-6-8-17(16)21-19(24)20-15-11-9-14(10-12-15)13(2)3/h5-13H,4H2,1-3H3,(H2,20,21,24). The number of thiocarbonyl (C=S) groups is 1. The third-order valence-electron chi connectivity index (χ3n) is 3.51. The third kappa shape index (κ3) is 4.80. The maximum absolute atomic E-state index is 12.0. The van der Waals surface area contributed by atoms with Gasteiger partial charge in [-0.1, -0.05) is 38.1 Å². The largest absolute Gasteiger partial charge is 0.462 e. The van der Waals surface area contributed by atoms with E-state index in [1.54, 1.807) is 25.1 Å². The molecular weight excluding hydrogens is 320 g/mol. The first-order valence-electron chi connectivity index (χ1n) is 7.95. The van der Waals surface area contributed by atoms with Crippen LogP contribution in [0.1, 0.15) is 42.6 Å². The highest BCUT2D eigenvalue weighted by Gasteiger charge is 2.12. The number of anilines is 2. The van der Waals surface area contributed by atoms with E-state index in [0.29, 0.717) is 28.9 Å². The van der Waals surface area contributed by atoms with Crippen LogP contribution in [-0.4, -0.2) is 17.7 Å². The Bertz CT molecular complexity index is 712. The molecule has 0 aromatic heterocycles. The average Bonchev–Trinajstić information content (AvgIpc) is 2.56. The fourth-order valence-electron chi connectivity index (χ4n) is 2.21. The van der Waals surface area contributed by atoms with E-state index in [2.05, 4.69) is 36.6 Å². The van der Waals surface area contributed by atoms with Crippen molar-refractivity contribution in [2.75, 3.05) is 17.2 Å². The summed E-state index contributed by atoms with van der Waals surface area (Å²) in [6.07, 6.45) is 0. The minimum Gasteiger partial charge on any atom is -0.462 e. The number of rotatable bonds is 5. The summed E-state index contributed by atoms with van der Waals surface area (Å²) in [6, 6.07) is 15.2. The maximum Gasteiger partial charge on any atom is 0.340 e. The normalized spacial score (nSPS) is 10.3. The molecule has 0 amide bonds. The molecule has 0 saturated carbocycles. The molecule has 0 atom stereocenters. The molecule has 4 nitrogen and oxygen atoms in total. The molecule has 2 aromatic carbocycles. The van der Waals surface area contributed by atoms with E-state index in [-0.39, 0.29) is 5.97 Å². The summed E-state index contributed by atoms with van der Waals surface area (Å²) >= 11 is 5.34. The topological polar surface area (TPSA) is 50.4 Å². The maximum atomic E-state index is 12.0. The highest BCUT2D eigenvalue weighted by molar-refractivity contribution is 7.80. The summed E-state index contributed by atoms with van der Waals surface area (Å²) in [4.78, 5) is 12.0. The van der Waals surface area contributed by atoms with Crippen LogP contribution < -0.4 is 10.6 Å². The lowest BCUT2D eigenvalue weighted by Gasteiger charge is -2.14. The zero-order valence-corrected chi connectivity index (χ0v) is 14.9. The Morgan fingerprint density at radius 2 is 1.75 bits per heavy atom. The summed E-state index contributed by atoms with van der Waals surface area (Å²) < 4.78 is 5.06. The predicted molar refractivity (Wildman–Crippen MR) is 103 cm³/mol. The van der Waals surface area contributed by atoms with Gasteiger partial charge in [0.1, 0.15) is 0 Å². The Balaban J connectivity index is 2.06. The molecule has 24 heavy (non-hydrogen) atoms. The van der Waals surface area contributed by atoms with E-state index >= 15 is 0 Å². The number of hydrogen-bond donors (Lipinski definition) is 2. The van der Waals surface area contributed by atoms with Gasteiger partial charge in [-0.2, -0.15) is 0 Å². The molecule has 0 aliphatic rings. The summed E-state index contributed by atoms with van der Waals surface area (Å²) in [5.74, 6) is 0.116. The van der Waals surface area contributed by atoms with E-state index < -0.39 is 0 Å². The fraction of sp³-hybridized carbons (Fsp3) is 0.263. The number of ether oxygens (including phenoxy) is 1. The lowest BCUT2D eigenvalue weighted by atomic mass is 10.0. The number of hydrogen-bond acceptors (Lipinski definition) is 3. The second-order valence-corrected chi connectivity index (χ2v) is 6.03. The van der Waals surface area contributed by atoms with Gasteiger partial charge in [-0.15, -0.1) is 0 Å². The zero-order valence-electron chi connectivity index (χ0n) is 14.1. The number of esters is 1. The Morgan fingerprint density at radius 1 is 1.08 bits per heavy atom. The Hall–Kier alpha value is -2.40. The predicted octanol–water partition coefficient (Wildman–Crippen LogP) is 4.80. The third-order valence-corrected chi connectivity index (χ3v) is 3.71. The lowest BCUT2D eigenvalue weighted by Crippen LogP contribution is -2.21. The van der Waals surface area contributed by atoms with E-state index in [1.807, 2.05) is 18.2 Å². The van der Waals surface area contributed by atoms with Gasteiger partial charge in [0.2, 0.25) is 0 Å². The fourth-order valence-corrected chi connectivity index (χ4v) is 2.44. The van der Waals surface area contributed by atoms with Crippen molar-refractivity contribution in [1.82, 2.24) is 0 Å². The second-order valence-electron chi connectivity index (χ2n) is 5.62. The van der Waals surface area contributed by atoms with Crippen molar-refractivity contribution < 1.29 is 9.53 Å². The van der Waals surface area contributed by atoms with Crippen molar-refractivity contribution in [1.29, 1.82) is 0 Å². The number of nitrogens with one attached hydrogen (secondary N) is 2. The minimum atomic E-state index is -0.371. The molecule has 0 spiro atoms. The van der Waals surface area contributed by atoms with Crippen LogP contribution in [0, 0.1) is 0 Å². The van der Waals surface area contributed by atoms with Gasteiger partial charge < -0.3 is 15.4 Å². The van der Waals surface area contributed by atoms with Crippen LogP contribution in [0.3, 0.4) is 0 Å². The van der Waals surface area contributed by atoms with Crippen LogP contribution in [0.5, 0.6) is 0 Å². The van der Waals surface area contributed by atoms with Crippen molar-refractivity contribution in [2.24, 2.45) is 0 Å². The first-order valence-corrected chi connectivity index (χ1v) is 8.36. The van der Waals surface area contributed by atoms with Crippen LogP contribution in [0.4, 0.5) is 11.4 Å². The summed E-state index contributed by atoms with van der Waals surface area (Å²) in [6.45, 7) is 6.42. The summed E-state index contributed by atoms with van der Waals surface area (Å²) in [5.41, 5.74) is 3.24. The summed E-state index contributed by atoms with van der Waals surface area (Å²) in [5, 5.41) is 6.60. The molecule has 0 fully saturated rings. The molecule has 2 N–H and O–H groups in total. The highest BCUT2D eigenvalue weighted by atomic mass is 32.1. The molecule has 0 saturated heterocycles. The first kappa shape index (κ1) is 17.9. The van der Waals surface area contributed by atoms with E-state index in [1.165, 1.54) is 5.56 Å². The SMILES string of the molecule is CCOC(=O)c1ccccc1NC(=S)Nc1ccc(C(C)C)cc1. The van der Waals surface area contributed by atoms with Gasteiger partial charge in [0.05, 0.1) is 17.9 Å². The van der Waals surface area contributed by atoms with Crippen molar-refractivity contribution in [2.45, 2.75) is 26.7 Å². The van der Waals surface area contributed by atoms with Crippen molar-refractivity contribution in [3.05, 3.63) is 59.7 Å². The molecule has 2 rings (SSSR count). The molecule has 0 unspecified atom stereocenters. The van der Waals surface area contributed by atoms with E-state index in [0.717, 1.165) is 5.69 Å². The van der Waals surface area contributed by atoms with Gasteiger partial charge in [0.25, 0.3) is 0 Å². The molecule has 0 aliphatic carbocycles. The van der Waals surface area contributed by atoms with Crippen molar-refractivity contribution >= 4 is 34.7 Å². The monoisotopic (exact) mass is 342 g/mol. The molecular formula is C19H22N2O2S. The first-order chi connectivity index (χ1) is 11.5. The highest BCUT2D eigenvalue weighted by Crippen LogP contribution is 2.19. The quantitative estimate of drug-likeness (QED) is 0.604. The number of carbonyl (C=O) groups is 1. The number of para-hydroxylation sites is 1. The second kappa shape index (κ2) is 8.45.